The standard InChI is InChI=1S/C13H22O/c1-9(14)7-11-8-10-5-6-13(11,4)12(10,2)3/h10-11H,5-8H2,1-4H3. The first-order valence-corrected chi connectivity index (χ1v) is 5.87. The van der Waals surface area contributed by atoms with E-state index in [4.69, 9.17) is 0 Å². The molecule has 2 rings (SSSR count). The molecule has 2 saturated carbocycles. The van der Waals surface area contributed by atoms with Crippen LogP contribution in [0.25, 0.3) is 0 Å². The highest BCUT2D eigenvalue weighted by atomic mass is 16.1. The van der Waals surface area contributed by atoms with Crippen molar-refractivity contribution >= 4 is 5.78 Å². The van der Waals surface area contributed by atoms with Crippen LogP contribution in [0.5, 0.6) is 0 Å². The van der Waals surface area contributed by atoms with Gasteiger partial charge in [0, 0.05) is 6.42 Å². The zero-order valence-corrected chi connectivity index (χ0v) is 9.89. The first-order valence-electron chi connectivity index (χ1n) is 5.87. The van der Waals surface area contributed by atoms with Gasteiger partial charge in [0.05, 0.1) is 0 Å². The molecule has 0 aliphatic heterocycles. The fourth-order valence-electron chi connectivity index (χ4n) is 4.03. The van der Waals surface area contributed by atoms with Gasteiger partial charge in [-0.15, -0.1) is 0 Å². The van der Waals surface area contributed by atoms with E-state index in [1.165, 1.54) is 19.3 Å². The second-order valence-electron chi connectivity index (χ2n) is 6.21. The summed E-state index contributed by atoms with van der Waals surface area (Å²) >= 11 is 0. The van der Waals surface area contributed by atoms with Crippen molar-refractivity contribution in [2.45, 2.75) is 53.4 Å². The molecule has 0 aromatic rings. The minimum atomic E-state index is 0.375. The van der Waals surface area contributed by atoms with Gasteiger partial charge in [0.25, 0.3) is 0 Å². The third kappa shape index (κ3) is 1.11. The van der Waals surface area contributed by atoms with Crippen molar-refractivity contribution in [3.8, 4) is 0 Å². The number of hydrogen-bond acceptors (Lipinski definition) is 1. The fourth-order valence-corrected chi connectivity index (χ4v) is 4.03. The van der Waals surface area contributed by atoms with Crippen molar-refractivity contribution < 1.29 is 4.79 Å². The Morgan fingerprint density at radius 2 is 2.00 bits per heavy atom. The molecule has 80 valence electrons. The molecule has 0 amide bonds. The van der Waals surface area contributed by atoms with E-state index in [0.717, 1.165) is 12.3 Å². The molecule has 3 unspecified atom stereocenters. The number of ketones is 1. The summed E-state index contributed by atoms with van der Waals surface area (Å²) in [6.07, 6.45) is 4.83. The highest BCUT2D eigenvalue weighted by Crippen LogP contribution is 2.68. The van der Waals surface area contributed by atoms with Crippen LogP contribution in [-0.2, 0) is 4.79 Å². The summed E-state index contributed by atoms with van der Waals surface area (Å²) in [6, 6.07) is 0. The predicted molar refractivity (Wildman–Crippen MR) is 58.0 cm³/mol. The summed E-state index contributed by atoms with van der Waals surface area (Å²) < 4.78 is 0. The third-order valence-corrected chi connectivity index (χ3v) is 5.51. The molecule has 0 radical (unpaired) electrons. The minimum absolute atomic E-state index is 0.375. The first kappa shape index (κ1) is 10.2. The van der Waals surface area contributed by atoms with Crippen molar-refractivity contribution in [2.24, 2.45) is 22.7 Å². The van der Waals surface area contributed by atoms with Gasteiger partial charge in [-0.25, -0.2) is 0 Å². The fraction of sp³-hybridized carbons (Fsp3) is 0.923. The predicted octanol–water partition coefficient (Wildman–Crippen LogP) is 3.43. The lowest BCUT2D eigenvalue weighted by Crippen LogP contribution is -2.33. The SMILES string of the molecule is CC(=O)CC1CC2CCC1(C)C2(C)C. The highest BCUT2D eigenvalue weighted by Gasteiger charge is 2.60. The third-order valence-electron chi connectivity index (χ3n) is 5.51. The molecule has 0 aromatic carbocycles. The number of Topliss-reactive ketones (excluding diaryl/α,β-unsaturated/α-hetero) is 1. The van der Waals surface area contributed by atoms with Crippen LogP contribution in [0.3, 0.4) is 0 Å². The monoisotopic (exact) mass is 194 g/mol. The van der Waals surface area contributed by atoms with Crippen molar-refractivity contribution in [1.29, 1.82) is 0 Å². The van der Waals surface area contributed by atoms with Gasteiger partial charge in [-0.05, 0) is 48.9 Å². The first-order chi connectivity index (χ1) is 6.38. The summed E-state index contributed by atoms with van der Waals surface area (Å²) in [4.78, 5) is 11.2. The lowest BCUT2D eigenvalue weighted by molar-refractivity contribution is -0.119. The smallest absolute Gasteiger partial charge is 0.130 e. The van der Waals surface area contributed by atoms with E-state index in [1.54, 1.807) is 6.92 Å². The molecule has 2 aliphatic carbocycles. The maximum absolute atomic E-state index is 11.2. The lowest BCUT2D eigenvalue weighted by atomic mass is 9.66. The number of hydrogen-bond donors (Lipinski definition) is 0. The average molecular weight is 194 g/mol. The van der Waals surface area contributed by atoms with E-state index in [1.807, 2.05) is 0 Å². The van der Waals surface area contributed by atoms with Crippen LogP contribution in [0, 0.1) is 22.7 Å². The maximum Gasteiger partial charge on any atom is 0.130 e. The van der Waals surface area contributed by atoms with Gasteiger partial charge in [-0.2, -0.15) is 0 Å². The Labute approximate surface area is 87.3 Å². The van der Waals surface area contributed by atoms with E-state index >= 15 is 0 Å². The summed E-state index contributed by atoms with van der Waals surface area (Å²) in [7, 11) is 0. The molecule has 2 aliphatic rings. The van der Waals surface area contributed by atoms with Crippen LogP contribution in [0.2, 0.25) is 0 Å². The number of carbonyl (C=O) groups is 1. The second kappa shape index (κ2) is 2.84. The van der Waals surface area contributed by atoms with Gasteiger partial charge < -0.3 is 4.79 Å². The molecule has 2 bridgehead atoms. The van der Waals surface area contributed by atoms with Crippen LogP contribution in [0.15, 0.2) is 0 Å². The molecule has 2 fully saturated rings. The van der Waals surface area contributed by atoms with Crippen molar-refractivity contribution in [3.63, 3.8) is 0 Å². The number of rotatable bonds is 2. The zero-order chi connectivity index (χ0) is 10.6. The normalized spacial score (nSPS) is 44.3. The molecule has 1 heteroatoms. The van der Waals surface area contributed by atoms with Gasteiger partial charge in [-0.3, -0.25) is 0 Å². The Kier molecular flexibility index (Phi) is 2.06. The molecular formula is C13H22O. The summed E-state index contributed by atoms with van der Waals surface area (Å²) in [5, 5.41) is 0. The van der Waals surface area contributed by atoms with E-state index in [2.05, 4.69) is 20.8 Å². The van der Waals surface area contributed by atoms with E-state index in [9.17, 15) is 4.79 Å². The number of carbonyl (C=O) groups excluding carboxylic acids is 1. The molecule has 0 aromatic heterocycles. The maximum atomic E-state index is 11.2. The number of fused-ring (bicyclic) bond motifs is 2. The molecule has 0 heterocycles. The van der Waals surface area contributed by atoms with Gasteiger partial charge in [0.1, 0.15) is 5.78 Å². The summed E-state index contributed by atoms with van der Waals surface area (Å²) in [5.41, 5.74) is 0.899. The van der Waals surface area contributed by atoms with Crippen molar-refractivity contribution in [3.05, 3.63) is 0 Å². The van der Waals surface area contributed by atoms with Crippen molar-refractivity contribution in [2.75, 3.05) is 0 Å². The zero-order valence-electron chi connectivity index (χ0n) is 9.89. The highest BCUT2D eigenvalue weighted by molar-refractivity contribution is 5.75. The Morgan fingerprint density at radius 3 is 2.36 bits per heavy atom. The topological polar surface area (TPSA) is 17.1 Å². The summed E-state index contributed by atoms with van der Waals surface area (Å²) in [5.74, 6) is 1.91. The van der Waals surface area contributed by atoms with Gasteiger partial charge >= 0.3 is 0 Å². The lowest BCUT2D eigenvalue weighted by Gasteiger charge is -2.39. The van der Waals surface area contributed by atoms with E-state index < -0.39 is 0 Å². The Bertz CT molecular complexity index is 266. The molecule has 0 spiro atoms. The second-order valence-corrected chi connectivity index (χ2v) is 6.21. The molecule has 0 N–H and O–H groups in total. The van der Waals surface area contributed by atoms with Crippen LogP contribution < -0.4 is 0 Å². The largest absolute Gasteiger partial charge is 0.300 e. The van der Waals surface area contributed by atoms with Crippen molar-refractivity contribution in [1.82, 2.24) is 0 Å². The van der Waals surface area contributed by atoms with E-state index in [0.29, 0.717) is 22.5 Å². The minimum Gasteiger partial charge on any atom is -0.300 e. The molecule has 0 saturated heterocycles. The molecular weight excluding hydrogens is 172 g/mol. The van der Waals surface area contributed by atoms with Crippen LogP contribution in [0.1, 0.15) is 53.4 Å². The molecule has 1 nitrogen and oxygen atoms in total. The van der Waals surface area contributed by atoms with Gasteiger partial charge in [-0.1, -0.05) is 20.8 Å². The Balaban J connectivity index is 2.23. The van der Waals surface area contributed by atoms with Crippen LogP contribution in [0.4, 0.5) is 0 Å². The Hall–Kier alpha value is -0.330. The summed E-state index contributed by atoms with van der Waals surface area (Å²) in [6.45, 7) is 8.96. The quantitative estimate of drug-likeness (QED) is 0.658. The molecule has 14 heavy (non-hydrogen) atoms. The van der Waals surface area contributed by atoms with Gasteiger partial charge in [0.15, 0.2) is 0 Å². The molecule has 3 atom stereocenters. The van der Waals surface area contributed by atoms with Gasteiger partial charge in [0.2, 0.25) is 0 Å². The average Bonchev–Trinajstić information content (AvgIpc) is 2.35. The van der Waals surface area contributed by atoms with Crippen LogP contribution in [-0.4, -0.2) is 5.78 Å². The van der Waals surface area contributed by atoms with Crippen LogP contribution >= 0.6 is 0 Å². The Morgan fingerprint density at radius 1 is 1.36 bits per heavy atom. The van der Waals surface area contributed by atoms with E-state index in [-0.39, 0.29) is 0 Å².